The smallest absolute Gasteiger partial charge is 0.250 e. The quantitative estimate of drug-likeness (QED) is 0.449. The van der Waals surface area contributed by atoms with E-state index in [2.05, 4.69) is 25.6 Å². The number of pyridine rings is 1. The SMILES string of the molecule is Cc1cccc(-n2nnc(CCSc3nnc(-c4ccn(C)c(=O)c4)n3C)n2)c1. The monoisotopic (exact) mass is 408 g/mol. The van der Waals surface area contributed by atoms with E-state index in [1.807, 2.05) is 48.9 Å². The van der Waals surface area contributed by atoms with Gasteiger partial charge in [-0.25, -0.2) is 0 Å². The van der Waals surface area contributed by atoms with E-state index in [-0.39, 0.29) is 5.56 Å². The van der Waals surface area contributed by atoms with Gasteiger partial charge in [-0.15, -0.1) is 25.2 Å². The third kappa shape index (κ3) is 4.11. The van der Waals surface area contributed by atoms with Gasteiger partial charge in [-0.3, -0.25) is 4.79 Å². The van der Waals surface area contributed by atoms with Gasteiger partial charge >= 0.3 is 0 Å². The zero-order valence-electron chi connectivity index (χ0n) is 16.3. The van der Waals surface area contributed by atoms with Gasteiger partial charge in [0.15, 0.2) is 16.8 Å². The maximum Gasteiger partial charge on any atom is 0.250 e. The Balaban J connectivity index is 1.41. The lowest BCUT2D eigenvalue weighted by molar-refractivity contribution is 0.717. The topological polar surface area (TPSA) is 96.3 Å². The van der Waals surface area contributed by atoms with Gasteiger partial charge in [0.05, 0.1) is 5.69 Å². The van der Waals surface area contributed by atoms with Crippen molar-refractivity contribution in [3.63, 3.8) is 0 Å². The van der Waals surface area contributed by atoms with Crippen molar-refractivity contribution in [3.05, 3.63) is 64.3 Å². The molecule has 0 fully saturated rings. The minimum absolute atomic E-state index is 0.0810. The fourth-order valence-electron chi connectivity index (χ4n) is 2.82. The molecular weight excluding hydrogens is 388 g/mol. The molecule has 3 heterocycles. The van der Waals surface area contributed by atoms with E-state index < -0.39 is 0 Å². The number of aromatic nitrogens is 8. The standard InChI is InChI=1S/C19H20N8OS/c1-13-5-4-6-15(11-13)27-23-16(20-24-27)8-10-29-19-22-21-18(26(19)3)14-7-9-25(2)17(28)12-14/h4-7,9,11-12H,8,10H2,1-3H3. The molecule has 0 saturated heterocycles. The van der Waals surface area contributed by atoms with Crippen molar-refractivity contribution < 1.29 is 0 Å². The Morgan fingerprint density at radius 2 is 1.93 bits per heavy atom. The van der Waals surface area contributed by atoms with Crippen molar-refractivity contribution in [2.75, 3.05) is 5.75 Å². The maximum absolute atomic E-state index is 11.9. The molecule has 0 saturated carbocycles. The molecule has 1 aromatic carbocycles. The molecule has 3 aromatic heterocycles. The summed E-state index contributed by atoms with van der Waals surface area (Å²) >= 11 is 1.56. The molecule has 29 heavy (non-hydrogen) atoms. The summed E-state index contributed by atoms with van der Waals surface area (Å²) in [6.07, 6.45) is 2.38. The lowest BCUT2D eigenvalue weighted by atomic mass is 10.2. The summed E-state index contributed by atoms with van der Waals surface area (Å²) in [4.78, 5) is 13.4. The van der Waals surface area contributed by atoms with Crippen molar-refractivity contribution in [1.82, 2.24) is 39.5 Å². The first-order chi connectivity index (χ1) is 14.0. The van der Waals surface area contributed by atoms with Crippen molar-refractivity contribution >= 4 is 11.8 Å². The summed E-state index contributed by atoms with van der Waals surface area (Å²) in [6.45, 7) is 2.03. The van der Waals surface area contributed by atoms with Crippen LogP contribution >= 0.6 is 11.8 Å². The number of benzene rings is 1. The number of nitrogens with zero attached hydrogens (tertiary/aromatic N) is 8. The Kier molecular flexibility index (Phi) is 5.26. The number of aryl methyl sites for hydroxylation is 3. The molecule has 0 aliphatic rings. The average molecular weight is 408 g/mol. The summed E-state index contributed by atoms with van der Waals surface area (Å²) in [5, 5.41) is 22.0. The van der Waals surface area contributed by atoms with Gasteiger partial charge in [0.2, 0.25) is 0 Å². The van der Waals surface area contributed by atoms with Gasteiger partial charge in [-0.1, -0.05) is 23.9 Å². The summed E-state index contributed by atoms with van der Waals surface area (Å²) in [5.41, 5.74) is 2.70. The van der Waals surface area contributed by atoms with E-state index in [9.17, 15) is 4.79 Å². The number of tetrazole rings is 1. The highest BCUT2D eigenvalue weighted by Crippen LogP contribution is 2.22. The van der Waals surface area contributed by atoms with Crippen LogP contribution in [0.5, 0.6) is 0 Å². The number of hydrogen-bond donors (Lipinski definition) is 0. The van der Waals surface area contributed by atoms with Gasteiger partial charge in [-0.05, 0) is 35.9 Å². The van der Waals surface area contributed by atoms with E-state index in [0.717, 1.165) is 27.7 Å². The third-order valence-corrected chi connectivity index (χ3v) is 5.46. The fourth-order valence-corrected chi connectivity index (χ4v) is 3.66. The van der Waals surface area contributed by atoms with Crippen LogP contribution in [0.2, 0.25) is 0 Å². The summed E-state index contributed by atoms with van der Waals surface area (Å²) in [7, 11) is 3.61. The number of hydrogen-bond acceptors (Lipinski definition) is 7. The Hall–Kier alpha value is -3.27. The molecule has 148 valence electrons. The molecule has 10 heteroatoms. The van der Waals surface area contributed by atoms with Gasteiger partial charge in [0, 0.05) is 44.1 Å². The van der Waals surface area contributed by atoms with Crippen molar-refractivity contribution in [2.45, 2.75) is 18.5 Å². The van der Waals surface area contributed by atoms with E-state index in [1.54, 1.807) is 35.9 Å². The zero-order valence-corrected chi connectivity index (χ0v) is 17.2. The molecule has 0 spiro atoms. The Morgan fingerprint density at radius 3 is 2.72 bits per heavy atom. The van der Waals surface area contributed by atoms with Gasteiger partial charge in [-0.2, -0.15) is 0 Å². The van der Waals surface area contributed by atoms with Crippen LogP contribution in [0.1, 0.15) is 11.4 Å². The van der Waals surface area contributed by atoms with Crippen LogP contribution in [-0.2, 0) is 20.5 Å². The van der Waals surface area contributed by atoms with Crippen LogP contribution in [-0.4, -0.2) is 45.3 Å². The molecule has 0 radical (unpaired) electrons. The Bertz CT molecular complexity index is 1210. The molecule has 0 aliphatic carbocycles. The minimum Gasteiger partial charge on any atom is -0.319 e. The predicted molar refractivity (Wildman–Crippen MR) is 110 cm³/mol. The minimum atomic E-state index is -0.0810. The van der Waals surface area contributed by atoms with Gasteiger partial charge in [0.1, 0.15) is 0 Å². The third-order valence-electron chi connectivity index (χ3n) is 4.44. The molecule has 9 nitrogen and oxygen atoms in total. The van der Waals surface area contributed by atoms with Crippen molar-refractivity contribution in [2.24, 2.45) is 14.1 Å². The van der Waals surface area contributed by atoms with E-state index in [1.165, 1.54) is 4.57 Å². The lowest BCUT2D eigenvalue weighted by Gasteiger charge is -2.04. The number of rotatable bonds is 6. The van der Waals surface area contributed by atoms with Crippen molar-refractivity contribution in [1.29, 1.82) is 0 Å². The van der Waals surface area contributed by atoms with Crippen LogP contribution in [0, 0.1) is 6.92 Å². The Morgan fingerprint density at radius 1 is 1.07 bits per heavy atom. The molecule has 4 aromatic rings. The second kappa shape index (κ2) is 8.00. The first kappa shape index (κ1) is 19.1. The van der Waals surface area contributed by atoms with E-state index in [4.69, 9.17) is 0 Å². The highest BCUT2D eigenvalue weighted by atomic mass is 32.2. The van der Waals surface area contributed by atoms with Crippen molar-refractivity contribution in [3.8, 4) is 17.1 Å². The molecule has 0 amide bonds. The van der Waals surface area contributed by atoms with E-state index in [0.29, 0.717) is 18.1 Å². The van der Waals surface area contributed by atoms with Crippen LogP contribution in [0.3, 0.4) is 0 Å². The van der Waals surface area contributed by atoms with E-state index >= 15 is 0 Å². The highest BCUT2D eigenvalue weighted by Gasteiger charge is 2.13. The summed E-state index contributed by atoms with van der Waals surface area (Å²) in [5.74, 6) is 2.07. The maximum atomic E-state index is 11.9. The average Bonchev–Trinajstić information content (AvgIpc) is 3.32. The van der Waals surface area contributed by atoms with Gasteiger partial charge < -0.3 is 9.13 Å². The summed E-state index contributed by atoms with van der Waals surface area (Å²) in [6, 6.07) is 11.4. The molecule has 0 atom stereocenters. The second-order valence-electron chi connectivity index (χ2n) is 6.66. The van der Waals surface area contributed by atoms with Gasteiger partial charge in [0.25, 0.3) is 5.56 Å². The molecule has 0 unspecified atom stereocenters. The van der Waals surface area contributed by atoms with Crippen LogP contribution in [0.4, 0.5) is 0 Å². The summed E-state index contributed by atoms with van der Waals surface area (Å²) < 4.78 is 3.41. The predicted octanol–water partition coefficient (Wildman–Crippen LogP) is 1.80. The molecule has 0 N–H and O–H groups in total. The van der Waals surface area contributed by atoms with Crippen LogP contribution in [0.25, 0.3) is 17.1 Å². The zero-order chi connectivity index (χ0) is 20.4. The second-order valence-corrected chi connectivity index (χ2v) is 7.72. The molecule has 4 rings (SSSR count). The largest absolute Gasteiger partial charge is 0.319 e. The first-order valence-electron chi connectivity index (χ1n) is 9.06. The lowest BCUT2D eigenvalue weighted by Crippen LogP contribution is -2.14. The van der Waals surface area contributed by atoms with Crippen LogP contribution in [0.15, 0.2) is 52.5 Å². The van der Waals surface area contributed by atoms with Crippen LogP contribution < -0.4 is 5.56 Å². The molecule has 0 aliphatic heterocycles. The molecular formula is C19H20N8OS. The number of thioether (sulfide) groups is 1. The normalized spacial score (nSPS) is 11.1. The Labute approximate surface area is 171 Å². The highest BCUT2D eigenvalue weighted by molar-refractivity contribution is 7.99. The first-order valence-corrected chi connectivity index (χ1v) is 10.0. The molecule has 0 bridgehead atoms. The fraction of sp³-hybridized carbons (Fsp3) is 0.263.